The average molecular weight is 698 g/mol. The molecule has 0 atom stereocenters. The number of halogens is 1. The normalized spacial score (nSPS) is 19.4. The Balaban J connectivity index is 1.51. The van der Waals surface area contributed by atoms with E-state index in [1.165, 1.54) is 0 Å². The molecule has 1 aliphatic heterocycles. The van der Waals surface area contributed by atoms with Gasteiger partial charge in [-0.3, -0.25) is 14.4 Å². The molecule has 3 aliphatic rings. The van der Waals surface area contributed by atoms with E-state index in [-0.39, 0.29) is 34.9 Å². The number of carbonyl (C=O) groups excluding carboxylic acids is 3. The number of hydrogen-bond acceptors (Lipinski definition) is 6. The molecule has 8 heteroatoms. The highest BCUT2D eigenvalue weighted by Crippen LogP contribution is 2.54. The Morgan fingerprint density at radius 1 is 0.907 bits per heavy atom. The van der Waals surface area contributed by atoms with Crippen LogP contribution in [0, 0.1) is 28.2 Å². The summed E-state index contributed by atoms with van der Waals surface area (Å²) in [6, 6.07) is 9.55. The van der Waals surface area contributed by atoms with Gasteiger partial charge >= 0.3 is 0 Å². The highest BCUT2D eigenvalue weighted by Gasteiger charge is 2.48. The van der Waals surface area contributed by atoms with E-state index in [0.717, 1.165) is 20.3 Å². The van der Waals surface area contributed by atoms with Crippen molar-refractivity contribution >= 4 is 45.8 Å². The molecule has 0 fully saturated rings. The summed E-state index contributed by atoms with van der Waals surface area (Å²) in [4.78, 5) is 40.2. The molecule has 0 saturated heterocycles. The molecule has 2 aliphatic carbocycles. The van der Waals surface area contributed by atoms with Crippen LogP contribution in [-0.2, 0) is 19.1 Å². The molecular formula is C35H40INO6. The van der Waals surface area contributed by atoms with Gasteiger partial charge in [0.25, 0.3) is 5.91 Å². The number of benzene rings is 2. The van der Waals surface area contributed by atoms with E-state index in [1.54, 1.807) is 0 Å². The summed E-state index contributed by atoms with van der Waals surface area (Å²) in [5.41, 5.74) is 4.42. The summed E-state index contributed by atoms with van der Waals surface area (Å²) in [6.07, 6.45) is 2.03. The highest BCUT2D eigenvalue weighted by molar-refractivity contribution is 14.1. The smallest absolute Gasteiger partial charge is 0.262 e. The first kappa shape index (κ1) is 31.3. The van der Waals surface area contributed by atoms with Crippen molar-refractivity contribution in [2.45, 2.75) is 80.1 Å². The number of anilines is 1. The number of aryl methyl sites for hydroxylation is 2. The lowest BCUT2D eigenvalue weighted by atomic mass is 9.65. The summed E-state index contributed by atoms with van der Waals surface area (Å²) in [5.74, 6) is 1.45. The third kappa shape index (κ3) is 6.54. The molecule has 5 rings (SSSR count). The maximum atomic E-state index is 13.7. The Bertz CT molecular complexity index is 1530. The molecule has 0 bridgehead atoms. The predicted molar refractivity (Wildman–Crippen MR) is 174 cm³/mol. The third-order valence-corrected chi connectivity index (χ3v) is 9.19. The second kappa shape index (κ2) is 11.7. The lowest BCUT2D eigenvalue weighted by molar-refractivity contribution is -0.120. The van der Waals surface area contributed by atoms with Crippen molar-refractivity contribution in [3.63, 3.8) is 0 Å². The molecule has 43 heavy (non-hydrogen) atoms. The fourth-order valence-corrected chi connectivity index (χ4v) is 7.10. The van der Waals surface area contributed by atoms with E-state index < -0.39 is 5.92 Å². The average Bonchev–Trinajstić information content (AvgIpc) is 2.87. The van der Waals surface area contributed by atoms with Gasteiger partial charge in [0, 0.05) is 48.4 Å². The van der Waals surface area contributed by atoms with Crippen LogP contribution in [0.2, 0.25) is 0 Å². The number of ketones is 2. The second-order valence-electron chi connectivity index (χ2n) is 13.5. The third-order valence-electron chi connectivity index (χ3n) is 8.39. The molecule has 1 heterocycles. The van der Waals surface area contributed by atoms with Gasteiger partial charge in [-0.05, 0) is 95.1 Å². The van der Waals surface area contributed by atoms with Crippen molar-refractivity contribution in [1.82, 2.24) is 0 Å². The van der Waals surface area contributed by atoms with Crippen molar-refractivity contribution in [2.75, 3.05) is 18.5 Å². The van der Waals surface area contributed by atoms with Crippen LogP contribution in [-0.4, -0.2) is 30.7 Å². The minimum atomic E-state index is -0.541. The fraction of sp³-hybridized carbons (Fsp3) is 0.457. The fourth-order valence-electron chi connectivity index (χ4n) is 6.32. The Hall–Kier alpha value is -3.14. The number of rotatable bonds is 7. The molecule has 2 aromatic rings. The molecule has 0 radical (unpaired) electrons. The zero-order chi connectivity index (χ0) is 31.3. The van der Waals surface area contributed by atoms with E-state index in [0.29, 0.717) is 72.1 Å². The van der Waals surface area contributed by atoms with E-state index >= 15 is 0 Å². The van der Waals surface area contributed by atoms with E-state index in [1.807, 2.05) is 51.1 Å². The maximum absolute atomic E-state index is 13.7. The standard InChI is InChI=1S/C35H40INO6/c1-8-41-26-13-21(12-23(36)33(26)42-18-29(40)37-22-10-9-19(2)20(3)11-22)30-31-24(38)14-34(4,5)16-27(31)43-28-17-35(6,7)15-25(39)32(28)30/h9-13,30H,8,14-18H2,1-7H3,(H,37,40). The molecule has 7 nitrogen and oxygen atoms in total. The monoisotopic (exact) mass is 697 g/mol. The van der Waals surface area contributed by atoms with Crippen LogP contribution in [0.1, 0.15) is 82.9 Å². The van der Waals surface area contributed by atoms with Crippen LogP contribution in [0.25, 0.3) is 0 Å². The van der Waals surface area contributed by atoms with Crippen molar-refractivity contribution in [3.8, 4) is 11.5 Å². The van der Waals surface area contributed by atoms with Crippen LogP contribution in [0.15, 0.2) is 53.0 Å². The molecule has 2 aromatic carbocycles. The van der Waals surface area contributed by atoms with Gasteiger partial charge in [-0.2, -0.15) is 0 Å². The Morgan fingerprint density at radius 2 is 1.51 bits per heavy atom. The molecule has 0 unspecified atom stereocenters. The van der Waals surface area contributed by atoms with Crippen LogP contribution >= 0.6 is 22.6 Å². The van der Waals surface area contributed by atoms with E-state index in [9.17, 15) is 14.4 Å². The van der Waals surface area contributed by atoms with Gasteiger partial charge in [-0.25, -0.2) is 0 Å². The van der Waals surface area contributed by atoms with Gasteiger partial charge in [-0.1, -0.05) is 33.8 Å². The first-order valence-electron chi connectivity index (χ1n) is 14.8. The number of Topliss-reactive ketones (excluding diaryl/α,β-unsaturated/α-hetero) is 2. The van der Waals surface area contributed by atoms with Crippen molar-refractivity contribution < 1.29 is 28.6 Å². The maximum Gasteiger partial charge on any atom is 0.262 e. The van der Waals surface area contributed by atoms with Crippen LogP contribution in [0.5, 0.6) is 11.5 Å². The van der Waals surface area contributed by atoms with Crippen molar-refractivity contribution in [3.05, 3.63) is 73.3 Å². The minimum Gasteiger partial charge on any atom is -0.490 e. The van der Waals surface area contributed by atoms with Gasteiger partial charge < -0.3 is 19.5 Å². The molecule has 0 saturated carbocycles. The molecule has 1 N–H and O–H groups in total. The number of ether oxygens (including phenoxy) is 3. The molecule has 228 valence electrons. The number of nitrogens with one attached hydrogen (secondary N) is 1. The van der Waals surface area contributed by atoms with E-state index in [4.69, 9.17) is 14.2 Å². The van der Waals surface area contributed by atoms with E-state index in [2.05, 4.69) is 55.6 Å². The summed E-state index contributed by atoms with van der Waals surface area (Å²) in [6.45, 7) is 14.4. The second-order valence-corrected chi connectivity index (χ2v) is 14.7. The van der Waals surface area contributed by atoms with Gasteiger partial charge in [0.1, 0.15) is 11.5 Å². The summed E-state index contributed by atoms with van der Waals surface area (Å²) in [5, 5.41) is 2.89. The lowest BCUT2D eigenvalue weighted by Gasteiger charge is -2.42. The zero-order valence-corrected chi connectivity index (χ0v) is 28.2. The molecule has 1 amide bonds. The lowest BCUT2D eigenvalue weighted by Crippen LogP contribution is -2.37. The Labute approximate surface area is 267 Å². The Morgan fingerprint density at radius 3 is 2.07 bits per heavy atom. The summed E-state index contributed by atoms with van der Waals surface area (Å²) in [7, 11) is 0. The van der Waals surface area contributed by atoms with Gasteiger partial charge in [0.05, 0.1) is 10.2 Å². The number of allylic oxidation sites excluding steroid dienone is 4. The first-order valence-corrected chi connectivity index (χ1v) is 15.9. The largest absolute Gasteiger partial charge is 0.490 e. The quantitative estimate of drug-likeness (QED) is 0.298. The van der Waals surface area contributed by atoms with Crippen LogP contribution < -0.4 is 14.8 Å². The molecular weight excluding hydrogens is 657 g/mol. The van der Waals surface area contributed by atoms with Crippen LogP contribution in [0.3, 0.4) is 0 Å². The van der Waals surface area contributed by atoms with Crippen LogP contribution in [0.4, 0.5) is 5.69 Å². The van der Waals surface area contributed by atoms with Crippen molar-refractivity contribution in [2.24, 2.45) is 10.8 Å². The number of hydrogen-bond donors (Lipinski definition) is 1. The topological polar surface area (TPSA) is 90.9 Å². The number of carbonyl (C=O) groups is 3. The van der Waals surface area contributed by atoms with Gasteiger partial charge in [0.2, 0.25) is 0 Å². The Kier molecular flexibility index (Phi) is 8.55. The number of amides is 1. The summed E-state index contributed by atoms with van der Waals surface area (Å²) < 4.78 is 19.2. The van der Waals surface area contributed by atoms with Crippen molar-refractivity contribution in [1.29, 1.82) is 0 Å². The highest BCUT2D eigenvalue weighted by atomic mass is 127. The first-order chi connectivity index (χ1) is 20.2. The summed E-state index contributed by atoms with van der Waals surface area (Å²) >= 11 is 2.17. The SMILES string of the molecule is CCOc1cc(C2C3=C(CC(C)(C)CC3=O)OC3=C2C(=O)CC(C)(C)C3)cc(I)c1OCC(=O)Nc1ccc(C)c(C)c1. The zero-order valence-electron chi connectivity index (χ0n) is 26.0. The molecule has 0 spiro atoms. The molecule has 0 aromatic heterocycles. The van der Waals surface area contributed by atoms with Gasteiger partial charge in [0.15, 0.2) is 29.7 Å². The minimum absolute atomic E-state index is 0.0109. The predicted octanol–water partition coefficient (Wildman–Crippen LogP) is 7.72. The van der Waals surface area contributed by atoms with Gasteiger partial charge in [-0.15, -0.1) is 0 Å².